The van der Waals surface area contributed by atoms with Crippen LogP contribution in [0, 0.1) is 0 Å². The lowest BCUT2D eigenvalue weighted by molar-refractivity contribution is 0.0421. The Labute approximate surface area is 126 Å². The van der Waals surface area contributed by atoms with Crippen LogP contribution in [-0.4, -0.2) is 80.4 Å². The van der Waals surface area contributed by atoms with Crippen LogP contribution in [0.2, 0.25) is 0 Å². The number of hydrogen-bond donors (Lipinski definition) is 1. The van der Waals surface area contributed by atoms with Gasteiger partial charge in [0.25, 0.3) is 0 Å². The Balaban J connectivity index is 0.00000106. The molecule has 0 aromatic heterocycles. The van der Waals surface area contributed by atoms with E-state index in [-0.39, 0.29) is 0 Å². The molecule has 1 N–H and O–H groups in total. The van der Waals surface area contributed by atoms with Crippen LogP contribution >= 0.6 is 7.75 Å². The van der Waals surface area contributed by atoms with Gasteiger partial charge in [-0.3, -0.25) is 4.52 Å². The molecule has 21 heavy (non-hydrogen) atoms. The highest BCUT2D eigenvalue weighted by Gasteiger charge is 2.27. The minimum atomic E-state index is -3.94. The zero-order valence-electron chi connectivity index (χ0n) is 13.0. The van der Waals surface area contributed by atoms with Crippen molar-refractivity contribution < 1.29 is 23.5 Å². The zero-order chi connectivity index (χ0) is 15.7. The molecule has 1 atom stereocenters. The fourth-order valence-corrected chi connectivity index (χ4v) is 2.57. The number of morpholine rings is 2. The van der Waals surface area contributed by atoms with E-state index in [1.54, 1.807) is 0 Å². The molecule has 0 aromatic rings. The first-order chi connectivity index (χ1) is 10.1. The van der Waals surface area contributed by atoms with Crippen LogP contribution < -0.4 is 0 Å². The molecule has 0 saturated carbocycles. The van der Waals surface area contributed by atoms with Crippen molar-refractivity contribution in [1.82, 2.24) is 9.80 Å². The van der Waals surface area contributed by atoms with Gasteiger partial charge in [0, 0.05) is 33.3 Å². The van der Waals surface area contributed by atoms with E-state index in [2.05, 4.69) is 9.29 Å². The van der Waals surface area contributed by atoms with Gasteiger partial charge in [0.15, 0.2) is 0 Å². The number of ether oxygens (including phenoxy) is 2. The van der Waals surface area contributed by atoms with E-state index >= 15 is 0 Å². The van der Waals surface area contributed by atoms with E-state index in [4.69, 9.17) is 9.47 Å². The second-order valence-electron chi connectivity index (χ2n) is 4.27. The fraction of sp³-hybridized carbons (Fsp3) is 0.917. The van der Waals surface area contributed by atoms with Gasteiger partial charge < -0.3 is 24.2 Å². The van der Waals surface area contributed by atoms with Gasteiger partial charge in [-0.05, 0) is 0 Å². The molecular formula is C12H26N3O5P. The molecule has 2 aliphatic rings. The van der Waals surface area contributed by atoms with Gasteiger partial charge in [-0.1, -0.05) is 13.8 Å². The third-order valence-corrected chi connectivity index (χ3v) is 3.95. The Morgan fingerprint density at radius 1 is 1.05 bits per heavy atom. The fourth-order valence-electron chi connectivity index (χ4n) is 2.01. The van der Waals surface area contributed by atoms with Crippen LogP contribution in [0.1, 0.15) is 13.8 Å². The summed E-state index contributed by atoms with van der Waals surface area (Å²) in [7, 11) is -2.76. The van der Waals surface area contributed by atoms with Gasteiger partial charge in [0.05, 0.1) is 26.4 Å². The molecular weight excluding hydrogens is 297 g/mol. The Hall–Kier alpha value is -0.660. The summed E-state index contributed by atoms with van der Waals surface area (Å²) in [5, 5.41) is 0. The first-order valence-electron chi connectivity index (χ1n) is 7.26. The molecule has 8 nitrogen and oxygen atoms in total. The minimum Gasteiger partial charge on any atom is -0.378 e. The quantitative estimate of drug-likeness (QED) is 0.457. The highest BCUT2D eigenvalue weighted by Crippen LogP contribution is 2.43. The van der Waals surface area contributed by atoms with Crippen molar-refractivity contribution in [1.29, 1.82) is 0 Å². The van der Waals surface area contributed by atoms with Crippen LogP contribution in [0.3, 0.4) is 0 Å². The maximum atomic E-state index is 11.7. The van der Waals surface area contributed by atoms with E-state index in [1.165, 1.54) is 7.11 Å². The topological polar surface area (TPSA) is 83.8 Å². The molecule has 0 aromatic carbocycles. The molecule has 0 bridgehead atoms. The lowest BCUT2D eigenvalue weighted by Crippen LogP contribution is -2.52. The predicted octanol–water partition coefficient (Wildman–Crippen LogP) is 0.780. The van der Waals surface area contributed by atoms with Crippen molar-refractivity contribution in [2.75, 3.05) is 59.7 Å². The summed E-state index contributed by atoms with van der Waals surface area (Å²) in [6.45, 7) is 8.97. The minimum absolute atomic E-state index is 0.499. The monoisotopic (exact) mass is 323 g/mol. The van der Waals surface area contributed by atoms with E-state index in [0.717, 1.165) is 0 Å². The molecule has 0 amide bonds. The maximum absolute atomic E-state index is 11.7. The zero-order valence-corrected chi connectivity index (χ0v) is 13.9. The molecule has 1 unspecified atom stereocenters. The third-order valence-electron chi connectivity index (χ3n) is 3.04. The number of guanidine groups is 1. The number of hydrogen-bond acceptors (Lipinski definition) is 4. The third kappa shape index (κ3) is 5.92. The smallest absolute Gasteiger partial charge is 0.378 e. The molecule has 0 radical (unpaired) electrons. The van der Waals surface area contributed by atoms with Crippen LogP contribution in [0.25, 0.3) is 0 Å². The largest absolute Gasteiger partial charge is 0.454 e. The summed E-state index contributed by atoms with van der Waals surface area (Å²) < 4.78 is 30.8. The summed E-state index contributed by atoms with van der Waals surface area (Å²) in [5.41, 5.74) is 0. The van der Waals surface area contributed by atoms with Gasteiger partial charge in [-0.25, -0.2) is 4.57 Å². The van der Waals surface area contributed by atoms with Crippen molar-refractivity contribution in [3.8, 4) is 0 Å². The van der Waals surface area contributed by atoms with Crippen LogP contribution in [0.15, 0.2) is 4.76 Å². The lowest BCUT2D eigenvalue weighted by Gasteiger charge is -2.38. The van der Waals surface area contributed by atoms with Gasteiger partial charge in [-0.2, -0.15) is 0 Å². The lowest BCUT2D eigenvalue weighted by atomic mass is 10.4. The molecule has 0 spiro atoms. The van der Waals surface area contributed by atoms with Crippen molar-refractivity contribution in [3.63, 3.8) is 0 Å². The molecule has 9 heteroatoms. The number of nitrogens with zero attached hydrogens (tertiary/aromatic N) is 3. The molecule has 124 valence electrons. The van der Waals surface area contributed by atoms with Crippen molar-refractivity contribution in [3.05, 3.63) is 0 Å². The SMILES string of the molecule is CC.COP(=O)(O)N=C(N1CCOCC1)N1CCOCC1. The average Bonchev–Trinajstić information content (AvgIpc) is 2.56. The molecule has 0 aliphatic carbocycles. The molecule has 2 saturated heterocycles. The maximum Gasteiger partial charge on any atom is 0.454 e. The second-order valence-corrected chi connectivity index (χ2v) is 5.82. The van der Waals surface area contributed by atoms with Crippen molar-refractivity contribution in [2.24, 2.45) is 4.76 Å². The Kier molecular flexibility index (Phi) is 8.21. The molecule has 2 heterocycles. The Morgan fingerprint density at radius 2 is 1.43 bits per heavy atom. The highest BCUT2D eigenvalue weighted by atomic mass is 31.2. The predicted molar refractivity (Wildman–Crippen MR) is 80.4 cm³/mol. The van der Waals surface area contributed by atoms with Gasteiger partial charge in [0.2, 0.25) is 5.96 Å². The van der Waals surface area contributed by atoms with Crippen molar-refractivity contribution in [2.45, 2.75) is 13.8 Å². The molecule has 2 aliphatic heterocycles. The molecule has 2 rings (SSSR count). The first kappa shape index (κ1) is 18.4. The summed E-state index contributed by atoms with van der Waals surface area (Å²) in [4.78, 5) is 13.5. The van der Waals surface area contributed by atoms with Crippen molar-refractivity contribution >= 4 is 13.7 Å². The van der Waals surface area contributed by atoms with E-state index in [0.29, 0.717) is 58.6 Å². The van der Waals surface area contributed by atoms with Gasteiger partial charge in [0.1, 0.15) is 0 Å². The Morgan fingerprint density at radius 3 is 1.76 bits per heavy atom. The summed E-state index contributed by atoms with van der Waals surface area (Å²) in [5.74, 6) is 0.499. The first-order valence-corrected chi connectivity index (χ1v) is 8.79. The average molecular weight is 323 g/mol. The Bertz CT molecular complexity index is 348. The van der Waals surface area contributed by atoms with Gasteiger partial charge >= 0.3 is 7.75 Å². The summed E-state index contributed by atoms with van der Waals surface area (Å²) in [6, 6.07) is 0. The second kappa shape index (κ2) is 9.38. The molecule has 2 fully saturated rings. The summed E-state index contributed by atoms with van der Waals surface area (Å²) in [6.07, 6.45) is 0. The van der Waals surface area contributed by atoms with E-state index in [9.17, 15) is 9.46 Å². The van der Waals surface area contributed by atoms with E-state index < -0.39 is 7.75 Å². The van der Waals surface area contributed by atoms with Crippen LogP contribution in [0.5, 0.6) is 0 Å². The highest BCUT2D eigenvalue weighted by molar-refractivity contribution is 7.51. The normalized spacial score (nSPS) is 21.9. The number of rotatable bonds is 2. The summed E-state index contributed by atoms with van der Waals surface area (Å²) >= 11 is 0. The van der Waals surface area contributed by atoms with Crippen LogP contribution in [-0.2, 0) is 18.6 Å². The van der Waals surface area contributed by atoms with E-state index in [1.807, 2.05) is 23.6 Å². The standard InChI is InChI=1S/C10H20N3O5P.C2H6/c1-16-19(14,15)11-10(12-2-6-17-7-3-12)13-4-8-18-9-5-13;1-2/h2-9H2,1H3,(H,14,15);1-2H3. The van der Waals surface area contributed by atoms with Crippen LogP contribution in [0.4, 0.5) is 0 Å². The van der Waals surface area contributed by atoms with Gasteiger partial charge in [-0.15, -0.1) is 4.76 Å².